The quantitative estimate of drug-likeness (QED) is 0.792. The average molecular weight is 246 g/mol. The van der Waals surface area contributed by atoms with Gasteiger partial charge < -0.3 is 15.3 Å². The van der Waals surface area contributed by atoms with Gasteiger partial charge in [0.05, 0.1) is 17.9 Å². The number of carbonyl (C=O) groups excluding carboxylic acids is 1. The van der Waals surface area contributed by atoms with Crippen molar-refractivity contribution < 1.29 is 14.7 Å². The molecule has 0 unspecified atom stereocenters. The summed E-state index contributed by atoms with van der Waals surface area (Å²) in [6.45, 7) is 2.40. The minimum atomic E-state index is -0.970. The number of nitrogens with one attached hydrogen (secondary N) is 1. The van der Waals surface area contributed by atoms with Crippen molar-refractivity contribution in [3.05, 3.63) is 35.9 Å². The van der Waals surface area contributed by atoms with Crippen molar-refractivity contribution >= 4 is 23.3 Å². The molecule has 0 saturated carbocycles. The van der Waals surface area contributed by atoms with Gasteiger partial charge in [0, 0.05) is 12.6 Å². The van der Waals surface area contributed by atoms with Gasteiger partial charge in [-0.15, -0.1) is 0 Å². The highest BCUT2D eigenvalue weighted by Crippen LogP contribution is 2.29. The highest BCUT2D eigenvalue weighted by Gasteiger charge is 2.21. The molecular formula is C13H14N2O3. The van der Waals surface area contributed by atoms with Crippen molar-refractivity contribution in [2.24, 2.45) is 0 Å². The van der Waals surface area contributed by atoms with E-state index in [2.05, 4.69) is 5.32 Å². The van der Waals surface area contributed by atoms with Gasteiger partial charge in [0.15, 0.2) is 0 Å². The number of hydrogen-bond donors (Lipinski definition) is 2. The Morgan fingerprint density at radius 3 is 2.94 bits per heavy atom. The van der Waals surface area contributed by atoms with Gasteiger partial charge in [-0.25, -0.2) is 4.79 Å². The number of anilines is 2. The molecule has 2 rings (SSSR count). The van der Waals surface area contributed by atoms with Crippen LogP contribution in [0.3, 0.4) is 0 Å². The molecule has 0 bridgehead atoms. The molecule has 1 aromatic rings. The van der Waals surface area contributed by atoms with Crippen molar-refractivity contribution in [2.45, 2.75) is 6.92 Å². The summed E-state index contributed by atoms with van der Waals surface area (Å²) in [6, 6.07) is 7.47. The maximum atomic E-state index is 11.6. The third-order valence-corrected chi connectivity index (χ3v) is 2.66. The van der Waals surface area contributed by atoms with E-state index < -0.39 is 5.97 Å². The van der Waals surface area contributed by atoms with Crippen LogP contribution in [-0.4, -0.2) is 30.1 Å². The molecule has 1 amide bonds. The number of carbonyl (C=O) groups is 2. The molecule has 0 aromatic heterocycles. The second-order valence-corrected chi connectivity index (χ2v) is 4.25. The molecule has 0 atom stereocenters. The normalized spacial score (nSPS) is 15.1. The van der Waals surface area contributed by atoms with Crippen LogP contribution in [0.2, 0.25) is 0 Å². The van der Waals surface area contributed by atoms with Gasteiger partial charge in [0.25, 0.3) is 0 Å². The van der Waals surface area contributed by atoms with Crippen LogP contribution >= 0.6 is 0 Å². The van der Waals surface area contributed by atoms with Gasteiger partial charge in [-0.2, -0.15) is 0 Å². The van der Waals surface area contributed by atoms with Crippen LogP contribution < -0.4 is 10.2 Å². The van der Waals surface area contributed by atoms with E-state index in [-0.39, 0.29) is 12.5 Å². The maximum absolute atomic E-state index is 11.6. The molecule has 18 heavy (non-hydrogen) atoms. The molecule has 1 aliphatic heterocycles. The topological polar surface area (TPSA) is 69.6 Å². The zero-order valence-corrected chi connectivity index (χ0v) is 10.0. The van der Waals surface area contributed by atoms with Crippen molar-refractivity contribution in [3.63, 3.8) is 0 Å². The van der Waals surface area contributed by atoms with Gasteiger partial charge >= 0.3 is 5.97 Å². The molecule has 0 fully saturated rings. The van der Waals surface area contributed by atoms with Crippen LogP contribution in [0.1, 0.15) is 6.92 Å². The highest BCUT2D eigenvalue weighted by atomic mass is 16.4. The highest BCUT2D eigenvalue weighted by molar-refractivity contribution is 6.01. The lowest BCUT2D eigenvalue weighted by Crippen LogP contribution is -2.39. The number of aliphatic carboxylic acids is 1. The van der Waals surface area contributed by atoms with E-state index >= 15 is 0 Å². The molecule has 0 saturated heterocycles. The molecule has 1 aliphatic rings. The number of nitrogens with zero attached hydrogens (tertiary/aromatic N) is 1. The number of carboxylic acid groups (broad SMARTS) is 1. The molecule has 5 heteroatoms. The van der Waals surface area contributed by atoms with Crippen molar-refractivity contribution in [1.82, 2.24) is 0 Å². The first-order chi connectivity index (χ1) is 8.56. The lowest BCUT2D eigenvalue weighted by molar-refractivity contribution is -0.131. The van der Waals surface area contributed by atoms with Crippen LogP contribution in [0, 0.1) is 0 Å². The van der Waals surface area contributed by atoms with E-state index in [0.29, 0.717) is 12.1 Å². The number of benzene rings is 1. The Balaban J connectivity index is 2.24. The van der Waals surface area contributed by atoms with Crippen molar-refractivity contribution in [3.8, 4) is 0 Å². The number of amides is 1. The van der Waals surface area contributed by atoms with E-state index in [1.807, 2.05) is 29.2 Å². The van der Waals surface area contributed by atoms with Crippen LogP contribution in [-0.2, 0) is 9.59 Å². The summed E-state index contributed by atoms with van der Waals surface area (Å²) in [5.41, 5.74) is 2.37. The lowest BCUT2D eigenvalue weighted by Gasteiger charge is -2.31. The molecular weight excluding hydrogens is 232 g/mol. The zero-order valence-electron chi connectivity index (χ0n) is 10.0. The summed E-state index contributed by atoms with van der Waals surface area (Å²) in [6.07, 6.45) is 1.16. The Labute approximate surface area is 105 Å². The van der Waals surface area contributed by atoms with Crippen LogP contribution in [0.4, 0.5) is 11.4 Å². The van der Waals surface area contributed by atoms with Crippen molar-refractivity contribution in [1.29, 1.82) is 0 Å². The lowest BCUT2D eigenvalue weighted by atomic mass is 10.1. The monoisotopic (exact) mass is 246 g/mol. The van der Waals surface area contributed by atoms with Gasteiger partial charge in [0.2, 0.25) is 5.91 Å². The van der Waals surface area contributed by atoms with Crippen LogP contribution in [0.25, 0.3) is 0 Å². The molecule has 0 radical (unpaired) electrons. The Bertz CT molecular complexity index is 523. The molecule has 2 N–H and O–H groups in total. The van der Waals surface area contributed by atoms with E-state index in [1.165, 1.54) is 0 Å². The fourth-order valence-electron chi connectivity index (χ4n) is 2.00. The van der Waals surface area contributed by atoms with E-state index in [0.717, 1.165) is 17.5 Å². The summed E-state index contributed by atoms with van der Waals surface area (Å²) in [7, 11) is 0. The minimum Gasteiger partial charge on any atom is -0.478 e. The molecule has 0 spiro atoms. The molecule has 94 valence electrons. The predicted molar refractivity (Wildman–Crippen MR) is 68.7 cm³/mol. The van der Waals surface area contributed by atoms with Crippen LogP contribution in [0.5, 0.6) is 0 Å². The third kappa shape index (κ3) is 2.68. The van der Waals surface area contributed by atoms with Crippen molar-refractivity contribution in [2.75, 3.05) is 23.3 Å². The number of hydrogen-bond acceptors (Lipinski definition) is 3. The summed E-state index contributed by atoms with van der Waals surface area (Å²) in [5, 5.41) is 11.5. The second-order valence-electron chi connectivity index (χ2n) is 4.25. The Morgan fingerprint density at radius 2 is 2.22 bits per heavy atom. The minimum absolute atomic E-state index is 0.0863. The maximum Gasteiger partial charge on any atom is 0.328 e. The first-order valence-electron chi connectivity index (χ1n) is 5.60. The van der Waals surface area contributed by atoms with E-state index in [4.69, 9.17) is 5.11 Å². The predicted octanol–water partition coefficient (Wildman–Crippen LogP) is 1.48. The Hall–Kier alpha value is -2.30. The molecule has 5 nitrogen and oxygen atoms in total. The summed E-state index contributed by atoms with van der Waals surface area (Å²) < 4.78 is 0. The first-order valence-corrected chi connectivity index (χ1v) is 5.60. The zero-order chi connectivity index (χ0) is 13.1. The smallest absolute Gasteiger partial charge is 0.328 e. The summed E-state index contributed by atoms with van der Waals surface area (Å²) in [4.78, 5) is 24.0. The van der Waals surface area contributed by atoms with E-state index in [9.17, 15) is 9.59 Å². The van der Waals surface area contributed by atoms with Crippen LogP contribution in [0.15, 0.2) is 35.9 Å². The number of para-hydroxylation sites is 2. The molecule has 1 heterocycles. The average Bonchev–Trinajstić information content (AvgIpc) is 2.27. The number of carboxylic acids is 1. The summed E-state index contributed by atoms with van der Waals surface area (Å²) in [5.74, 6) is -1.06. The Morgan fingerprint density at radius 1 is 1.50 bits per heavy atom. The summed E-state index contributed by atoms with van der Waals surface area (Å²) >= 11 is 0. The Kier molecular flexibility index (Phi) is 3.32. The fraction of sp³-hybridized carbons (Fsp3) is 0.231. The number of rotatable bonds is 3. The standard InChI is InChI=1S/C13H14N2O3/c1-9(6-13(17)18)7-15-8-12(16)14-10-4-2-3-5-11(10)15/h2-6H,7-8H2,1H3,(H,14,16)(H,17,18). The first kappa shape index (κ1) is 12.2. The van der Waals surface area contributed by atoms with Gasteiger partial charge in [-0.05, 0) is 24.6 Å². The van der Waals surface area contributed by atoms with Gasteiger partial charge in [-0.3, -0.25) is 4.79 Å². The largest absolute Gasteiger partial charge is 0.478 e. The number of fused-ring (bicyclic) bond motifs is 1. The fourth-order valence-corrected chi connectivity index (χ4v) is 2.00. The third-order valence-electron chi connectivity index (χ3n) is 2.66. The SMILES string of the molecule is CC(=CC(=O)O)CN1CC(=O)Nc2ccccc21. The second kappa shape index (κ2) is 4.91. The van der Waals surface area contributed by atoms with Gasteiger partial charge in [-0.1, -0.05) is 12.1 Å². The van der Waals surface area contributed by atoms with Gasteiger partial charge in [0.1, 0.15) is 0 Å². The molecule has 0 aliphatic carbocycles. The van der Waals surface area contributed by atoms with E-state index in [1.54, 1.807) is 6.92 Å². The molecule has 1 aromatic carbocycles.